The van der Waals surface area contributed by atoms with E-state index >= 15 is 0 Å². The van der Waals surface area contributed by atoms with Crippen molar-refractivity contribution in [2.45, 2.75) is 50.5 Å². The number of alkyl halides is 1. The molecule has 2 heteroatoms. The predicted octanol–water partition coefficient (Wildman–Crippen LogP) is 2.93. The average molecular weight is 202 g/mol. The molecule has 2 aliphatic carbocycles. The van der Waals surface area contributed by atoms with E-state index in [4.69, 9.17) is 11.6 Å². The number of halogens is 1. The quantitative estimate of drug-likeness (QED) is 0.690. The third kappa shape index (κ3) is 2.19. The molecule has 0 amide bonds. The van der Waals surface area contributed by atoms with E-state index in [1.165, 1.54) is 51.5 Å². The van der Waals surface area contributed by atoms with Gasteiger partial charge in [0.25, 0.3) is 0 Å². The SMILES string of the molecule is ClCC1(NCC2CCCC2)CCC1. The van der Waals surface area contributed by atoms with Crippen LogP contribution >= 0.6 is 11.6 Å². The van der Waals surface area contributed by atoms with Crippen molar-refractivity contribution in [1.82, 2.24) is 5.32 Å². The van der Waals surface area contributed by atoms with Gasteiger partial charge in [-0.3, -0.25) is 0 Å². The van der Waals surface area contributed by atoms with Crippen LogP contribution in [0.2, 0.25) is 0 Å². The normalized spacial score (nSPS) is 27.5. The molecule has 0 atom stereocenters. The highest BCUT2D eigenvalue weighted by atomic mass is 35.5. The van der Waals surface area contributed by atoms with Crippen LogP contribution in [0.15, 0.2) is 0 Å². The predicted molar refractivity (Wildman–Crippen MR) is 57.3 cm³/mol. The van der Waals surface area contributed by atoms with E-state index in [0.717, 1.165) is 11.8 Å². The summed E-state index contributed by atoms with van der Waals surface area (Å²) in [6.45, 7) is 1.22. The molecule has 1 nitrogen and oxygen atoms in total. The first kappa shape index (κ1) is 9.79. The second-order valence-electron chi connectivity index (χ2n) is 4.80. The lowest BCUT2D eigenvalue weighted by atomic mass is 9.78. The maximum absolute atomic E-state index is 5.98. The second kappa shape index (κ2) is 4.18. The van der Waals surface area contributed by atoms with Crippen LogP contribution in [-0.2, 0) is 0 Å². The molecule has 2 fully saturated rings. The Labute approximate surface area is 86.2 Å². The minimum atomic E-state index is 0.337. The molecule has 2 aliphatic rings. The van der Waals surface area contributed by atoms with Crippen LogP contribution < -0.4 is 5.32 Å². The topological polar surface area (TPSA) is 12.0 Å². The van der Waals surface area contributed by atoms with Gasteiger partial charge in [-0.2, -0.15) is 0 Å². The van der Waals surface area contributed by atoms with Gasteiger partial charge in [0.05, 0.1) is 0 Å². The minimum absolute atomic E-state index is 0.337. The minimum Gasteiger partial charge on any atom is -0.310 e. The summed E-state index contributed by atoms with van der Waals surface area (Å²) < 4.78 is 0. The molecule has 76 valence electrons. The highest BCUT2D eigenvalue weighted by molar-refractivity contribution is 6.18. The van der Waals surface area contributed by atoms with Crippen molar-refractivity contribution in [2.24, 2.45) is 5.92 Å². The maximum atomic E-state index is 5.98. The molecule has 0 radical (unpaired) electrons. The second-order valence-corrected chi connectivity index (χ2v) is 5.07. The van der Waals surface area contributed by atoms with Gasteiger partial charge in [0.1, 0.15) is 0 Å². The Hall–Kier alpha value is 0.250. The molecule has 0 aromatic rings. The fraction of sp³-hybridized carbons (Fsp3) is 1.00. The van der Waals surface area contributed by atoms with E-state index in [2.05, 4.69) is 5.32 Å². The van der Waals surface area contributed by atoms with E-state index in [9.17, 15) is 0 Å². The first-order valence-electron chi connectivity index (χ1n) is 5.66. The first-order valence-corrected chi connectivity index (χ1v) is 6.19. The molecule has 0 saturated heterocycles. The first-order chi connectivity index (χ1) is 6.35. The summed E-state index contributed by atoms with van der Waals surface area (Å²) in [6.07, 6.45) is 9.72. The molecular formula is C11H20ClN. The van der Waals surface area contributed by atoms with Crippen LogP contribution in [0.3, 0.4) is 0 Å². The molecule has 0 heterocycles. The van der Waals surface area contributed by atoms with Crippen molar-refractivity contribution in [3.8, 4) is 0 Å². The molecule has 0 aromatic carbocycles. The lowest BCUT2D eigenvalue weighted by molar-refractivity contribution is 0.202. The van der Waals surface area contributed by atoms with Gasteiger partial charge in [0.15, 0.2) is 0 Å². The summed E-state index contributed by atoms with van der Waals surface area (Å²) in [5.74, 6) is 1.75. The Morgan fingerprint density at radius 2 is 1.85 bits per heavy atom. The van der Waals surface area contributed by atoms with Gasteiger partial charge in [-0.05, 0) is 44.6 Å². The number of nitrogens with one attached hydrogen (secondary N) is 1. The summed E-state index contributed by atoms with van der Waals surface area (Å²) >= 11 is 5.98. The molecule has 2 rings (SSSR count). The molecule has 0 bridgehead atoms. The number of hydrogen-bond donors (Lipinski definition) is 1. The van der Waals surface area contributed by atoms with Crippen LogP contribution in [0.4, 0.5) is 0 Å². The smallest absolute Gasteiger partial charge is 0.0406 e. The van der Waals surface area contributed by atoms with Crippen LogP contribution in [0.1, 0.15) is 44.9 Å². The zero-order valence-electron chi connectivity index (χ0n) is 8.32. The molecule has 0 aromatic heterocycles. The molecule has 13 heavy (non-hydrogen) atoms. The van der Waals surface area contributed by atoms with Crippen molar-refractivity contribution < 1.29 is 0 Å². The van der Waals surface area contributed by atoms with Gasteiger partial charge in [-0.1, -0.05) is 12.8 Å². The van der Waals surface area contributed by atoms with E-state index in [1.807, 2.05) is 0 Å². The van der Waals surface area contributed by atoms with Crippen LogP contribution in [0.5, 0.6) is 0 Å². The van der Waals surface area contributed by atoms with Crippen LogP contribution in [0.25, 0.3) is 0 Å². The zero-order valence-corrected chi connectivity index (χ0v) is 9.08. The molecular weight excluding hydrogens is 182 g/mol. The average Bonchev–Trinajstić information content (AvgIpc) is 2.56. The van der Waals surface area contributed by atoms with Gasteiger partial charge >= 0.3 is 0 Å². The van der Waals surface area contributed by atoms with E-state index < -0.39 is 0 Å². The van der Waals surface area contributed by atoms with Gasteiger partial charge in [-0.15, -0.1) is 11.6 Å². The number of rotatable bonds is 4. The summed E-state index contributed by atoms with van der Waals surface area (Å²) in [5.41, 5.74) is 0.337. The highest BCUT2D eigenvalue weighted by Gasteiger charge is 2.35. The van der Waals surface area contributed by atoms with E-state index in [0.29, 0.717) is 5.54 Å². The van der Waals surface area contributed by atoms with Crippen molar-refractivity contribution in [3.63, 3.8) is 0 Å². The van der Waals surface area contributed by atoms with Crippen molar-refractivity contribution in [1.29, 1.82) is 0 Å². The number of hydrogen-bond acceptors (Lipinski definition) is 1. The molecule has 0 unspecified atom stereocenters. The van der Waals surface area contributed by atoms with Crippen molar-refractivity contribution in [2.75, 3.05) is 12.4 Å². The summed E-state index contributed by atoms with van der Waals surface area (Å²) in [7, 11) is 0. The molecule has 1 N–H and O–H groups in total. The van der Waals surface area contributed by atoms with Crippen LogP contribution in [-0.4, -0.2) is 18.0 Å². The lowest BCUT2D eigenvalue weighted by Gasteiger charge is -2.42. The monoisotopic (exact) mass is 201 g/mol. The summed E-state index contributed by atoms with van der Waals surface area (Å²) in [6, 6.07) is 0. The summed E-state index contributed by atoms with van der Waals surface area (Å²) in [5, 5.41) is 3.69. The maximum Gasteiger partial charge on any atom is 0.0406 e. The zero-order chi connectivity index (χ0) is 9.15. The van der Waals surface area contributed by atoms with Gasteiger partial charge < -0.3 is 5.32 Å². The third-order valence-corrected chi connectivity index (χ3v) is 4.32. The largest absolute Gasteiger partial charge is 0.310 e. The molecule has 0 spiro atoms. The highest BCUT2D eigenvalue weighted by Crippen LogP contribution is 2.34. The van der Waals surface area contributed by atoms with Gasteiger partial charge in [0.2, 0.25) is 0 Å². The van der Waals surface area contributed by atoms with E-state index in [-0.39, 0.29) is 0 Å². The Kier molecular flexibility index (Phi) is 3.15. The molecule has 2 saturated carbocycles. The van der Waals surface area contributed by atoms with Gasteiger partial charge in [0, 0.05) is 11.4 Å². The summed E-state index contributed by atoms with van der Waals surface area (Å²) in [4.78, 5) is 0. The Morgan fingerprint density at radius 1 is 1.15 bits per heavy atom. The standard InChI is InChI=1S/C11H20ClN/c12-9-11(6-3-7-11)13-8-10-4-1-2-5-10/h10,13H,1-9H2. The molecule has 0 aliphatic heterocycles. The lowest BCUT2D eigenvalue weighted by Crippen LogP contribution is -2.53. The van der Waals surface area contributed by atoms with Crippen molar-refractivity contribution in [3.05, 3.63) is 0 Å². The third-order valence-electron chi connectivity index (χ3n) is 3.81. The fourth-order valence-electron chi connectivity index (χ4n) is 2.54. The fourth-order valence-corrected chi connectivity index (χ4v) is 2.90. The van der Waals surface area contributed by atoms with Gasteiger partial charge in [-0.25, -0.2) is 0 Å². The Morgan fingerprint density at radius 3 is 2.31 bits per heavy atom. The van der Waals surface area contributed by atoms with Crippen molar-refractivity contribution >= 4 is 11.6 Å². The van der Waals surface area contributed by atoms with E-state index in [1.54, 1.807) is 0 Å². The Bertz CT molecular complexity index is 154. The van der Waals surface area contributed by atoms with Crippen LogP contribution in [0, 0.1) is 5.92 Å². The Balaban J connectivity index is 1.71.